The monoisotopic (exact) mass is 191 g/mol. The van der Waals surface area contributed by atoms with Crippen LogP contribution in [0.15, 0.2) is 12.4 Å². The Labute approximate surface area is 85.5 Å². The predicted molar refractivity (Wildman–Crippen MR) is 57.6 cm³/mol. The van der Waals surface area contributed by atoms with Crippen LogP contribution in [0.4, 0.5) is 0 Å². The van der Waals surface area contributed by atoms with Crippen molar-refractivity contribution >= 4 is 0 Å². The van der Waals surface area contributed by atoms with Gasteiger partial charge in [-0.25, -0.2) is 0 Å². The van der Waals surface area contributed by atoms with Crippen molar-refractivity contribution in [2.75, 3.05) is 0 Å². The SMILES string of the molecule is C#CCC(CC)NCc1cnn(C)c1. The molecular formula is C11H17N3. The third kappa shape index (κ3) is 3.23. The van der Waals surface area contributed by atoms with Gasteiger partial charge in [0.25, 0.3) is 0 Å². The van der Waals surface area contributed by atoms with Crippen molar-refractivity contribution in [3.05, 3.63) is 18.0 Å². The average molecular weight is 191 g/mol. The van der Waals surface area contributed by atoms with E-state index in [0.29, 0.717) is 6.04 Å². The summed E-state index contributed by atoms with van der Waals surface area (Å²) >= 11 is 0. The van der Waals surface area contributed by atoms with E-state index in [-0.39, 0.29) is 0 Å². The van der Waals surface area contributed by atoms with Crippen LogP contribution in [0, 0.1) is 12.3 Å². The van der Waals surface area contributed by atoms with E-state index in [4.69, 9.17) is 6.42 Å². The summed E-state index contributed by atoms with van der Waals surface area (Å²) < 4.78 is 1.80. The van der Waals surface area contributed by atoms with Crippen molar-refractivity contribution in [3.8, 4) is 12.3 Å². The van der Waals surface area contributed by atoms with Crippen molar-refractivity contribution in [2.24, 2.45) is 7.05 Å². The lowest BCUT2D eigenvalue weighted by molar-refractivity contribution is 0.506. The molecule has 1 unspecified atom stereocenters. The van der Waals surface area contributed by atoms with Crippen molar-refractivity contribution in [2.45, 2.75) is 32.4 Å². The first-order chi connectivity index (χ1) is 6.76. The molecular weight excluding hydrogens is 174 g/mol. The quantitative estimate of drug-likeness (QED) is 0.711. The normalized spacial score (nSPS) is 12.4. The fourth-order valence-electron chi connectivity index (χ4n) is 1.33. The van der Waals surface area contributed by atoms with Crippen molar-refractivity contribution < 1.29 is 0 Å². The molecule has 0 saturated carbocycles. The van der Waals surface area contributed by atoms with E-state index in [2.05, 4.69) is 23.3 Å². The molecule has 14 heavy (non-hydrogen) atoms. The van der Waals surface area contributed by atoms with E-state index in [9.17, 15) is 0 Å². The zero-order valence-electron chi connectivity index (χ0n) is 8.83. The number of aryl methyl sites for hydroxylation is 1. The maximum Gasteiger partial charge on any atom is 0.0534 e. The molecule has 0 spiro atoms. The molecule has 76 valence electrons. The first kappa shape index (κ1) is 10.8. The van der Waals surface area contributed by atoms with Crippen molar-refractivity contribution in [1.82, 2.24) is 15.1 Å². The first-order valence-corrected chi connectivity index (χ1v) is 4.90. The van der Waals surface area contributed by atoms with Gasteiger partial charge in [-0.05, 0) is 6.42 Å². The van der Waals surface area contributed by atoms with E-state index in [1.54, 1.807) is 4.68 Å². The highest BCUT2D eigenvalue weighted by Gasteiger charge is 2.03. The van der Waals surface area contributed by atoms with Crippen LogP contribution in [-0.4, -0.2) is 15.8 Å². The maximum absolute atomic E-state index is 5.27. The molecule has 1 heterocycles. The van der Waals surface area contributed by atoms with E-state index in [0.717, 1.165) is 19.4 Å². The summed E-state index contributed by atoms with van der Waals surface area (Å²) in [6.45, 7) is 2.98. The predicted octanol–water partition coefficient (Wildman–Crippen LogP) is 1.31. The highest BCUT2D eigenvalue weighted by Crippen LogP contribution is 2.00. The smallest absolute Gasteiger partial charge is 0.0534 e. The molecule has 0 aromatic carbocycles. The minimum absolute atomic E-state index is 0.417. The minimum atomic E-state index is 0.417. The van der Waals surface area contributed by atoms with Crippen LogP contribution in [0.5, 0.6) is 0 Å². The van der Waals surface area contributed by atoms with Gasteiger partial charge in [-0.3, -0.25) is 4.68 Å². The molecule has 0 bridgehead atoms. The average Bonchev–Trinajstić information content (AvgIpc) is 2.59. The Kier molecular flexibility index (Phi) is 4.21. The second kappa shape index (κ2) is 5.46. The first-order valence-electron chi connectivity index (χ1n) is 4.90. The second-order valence-electron chi connectivity index (χ2n) is 3.42. The lowest BCUT2D eigenvalue weighted by Gasteiger charge is -2.12. The van der Waals surface area contributed by atoms with Gasteiger partial charge in [0.2, 0.25) is 0 Å². The van der Waals surface area contributed by atoms with Crippen LogP contribution in [0.1, 0.15) is 25.3 Å². The Morgan fingerprint density at radius 1 is 1.71 bits per heavy atom. The summed E-state index contributed by atoms with van der Waals surface area (Å²) in [5.74, 6) is 2.68. The van der Waals surface area contributed by atoms with E-state index in [1.807, 2.05) is 19.4 Å². The lowest BCUT2D eigenvalue weighted by atomic mass is 10.1. The third-order valence-corrected chi connectivity index (χ3v) is 2.21. The van der Waals surface area contributed by atoms with Crippen LogP contribution >= 0.6 is 0 Å². The number of terminal acetylenes is 1. The standard InChI is InChI=1S/C11H17N3/c1-4-6-11(5-2)12-7-10-8-13-14(3)9-10/h1,8-9,11-12H,5-7H2,2-3H3. The van der Waals surface area contributed by atoms with Gasteiger partial charge in [0.05, 0.1) is 6.20 Å². The summed E-state index contributed by atoms with van der Waals surface area (Å²) in [5.41, 5.74) is 1.20. The number of rotatable bonds is 5. The molecule has 1 aromatic heterocycles. The fraction of sp³-hybridized carbons (Fsp3) is 0.545. The maximum atomic E-state index is 5.27. The molecule has 3 heteroatoms. The molecule has 0 radical (unpaired) electrons. The molecule has 0 fully saturated rings. The van der Waals surface area contributed by atoms with Gasteiger partial charge in [-0.1, -0.05) is 6.92 Å². The molecule has 0 aliphatic heterocycles. The Balaban J connectivity index is 2.36. The van der Waals surface area contributed by atoms with Gasteiger partial charge < -0.3 is 5.32 Å². The molecule has 1 atom stereocenters. The molecule has 0 aliphatic rings. The van der Waals surface area contributed by atoms with Gasteiger partial charge in [-0.15, -0.1) is 12.3 Å². The Hall–Kier alpha value is -1.27. The van der Waals surface area contributed by atoms with Gasteiger partial charge in [-0.2, -0.15) is 5.10 Å². The third-order valence-electron chi connectivity index (χ3n) is 2.21. The second-order valence-corrected chi connectivity index (χ2v) is 3.42. The topological polar surface area (TPSA) is 29.9 Å². The molecule has 1 aromatic rings. The van der Waals surface area contributed by atoms with E-state index >= 15 is 0 Å². The minimum Gasteiger partial charge on any atom is -0.309 e. The highest BCUT2D eigenvalue weighted by atomic mass is 15.2. The largest absolute Gasteiger partial charge is 0.309 e. The zero-order valence-corrected chi connectivity index (χ0v) is 8.83. The van der Waals surface area contributed by atoms with Crippen LogP contribution in [0.2, 0.25) is 0 Å². The number of nitrogens with one attached hydrogen (secondary N) is 1. The summed E-state index contributed by atoms with van der Waals surface area (Å²) in [7, 11) is 1.92. The van der Waals surface area contributed by atoms with Crippen LogP contribution in [-0.2, 0) is 13.6 Å². The molecule has 0 amide bonds. The molecule has 1 N–H and O–H groups in total. The Bertz CT molecular complexity index is 309. The summed E-state index contributed by atoms with van der Waals surface area (Å²) in [6.07, 6.45) is 11.0. The molecule has 1 rings (SSSR count). The Morgan fingerprint density at radius 2 is 2.50 bits per heavy atom. The summed E-state index contributed by atoms with van der Waals surface area (Å²) in [5, 5.41) is 7.51. The van der Waals surface area contributed by atoms with Gasteiger partial charge in [0.1, 0.15) is 0 Å². The van der Waals surface area contributed by atoms with Crippen LogP contribution < -0.4 is 5.32 Å². The lowest BCUT2D eigenvalue weighted by Crippen LogP contribution is -2.27. The van der Waals surface area contributed by atoms with Crippen molar-refractivity contribution in [1.29, 1.82) is 0 Å². The summed E-state index contributed by atoms with van der Waals surface area (Å²) in [4.78, 5) is 0. The van der Waals surface area contributed by atoms with E-state index in [1.165, 1.54) is 5.56 Å². The van der Waals surface area contributed by atoms with E-state index < -0.39 is 0 Å². The number of aromatic nitrogens is 2. The van der Waals surface area contributed by atoms with Crippen LogP contribution in [0.3, 0.4) is 0 Å². The molecule has 0 aliphatic carbocycles. The van der Waals surface area contributed by atoms with Crippen LogP contribution in [0.25, 0.3) is 0 Å². The zero-order chi connectivity index (χ0) is 10.4. The number of hydrogen-bond acceptors (Lipinski definition) is 2. The number of nitrogens with zero attached hydrogens (tertiary/aromatic N) is 2. The fourth-order valence-corrected chi connectivity index (χ4v) is 1.33. The highest BCUT2D eigenvalue weighted by molar-refractivity contribution is 5.03. The molecule has 0 saturated heterocycles. The number of hydrogen-bond donors (Lipinski definition) is 1. The summed E-state index contributed by atoms with van der Waals surface area (Å²) in [6, 6.07) is 0.417. The van der Waals surface area contributed by atoms with Crippen molar-refractivity contribution in [3.63, 3.8) is 0 Å². The molecule has 3 nitrogen and oxygen atoms in total. The van der Waals surface area contributed by atoms with Gasteiger partial charge in [0.15, 0.2) is 0 Å². The Morgan fingerprint density at radius 3 is 3.00 bits per heavy atom. The van der Waals surface area contributed by atoms with Gasteiger partial charge in [0, 0.05) is 37.8 Å². The van der Waals surface area contributed by atoms with Gasteiger partial charge >= 0.3 is 0 Å².